The Balaban J connectivity index is 2.21. The third-order valence-corrected chi connectivity index (χ3v) is 5.50. The molecule has 1 fully saturated rings. The number of hydrogen-bond donors (Lipinski definition) is 1. The van der Waals surface area contributed by atoms with Crippen molar-refractivity contribution in [3.63, 3.8) is 0 Å². The molecule has 1 aromatic heterocycles. The molecule has 1 unspecified atom stereocenters. The van der Waals surface area contributed by atoms with Gasteiger partial charge in [0, 0.05) is 19.3 Å². The van der Waals surface area contributed by atoms with Gasteiger partial charge in [-0.15, -0.1) is 0 Å². The highest BCUT2D eigenvalue weighted by molar-refractivity contribution is 7.89. The molecule has 0 bridgehead atoms. The first kappa shape index (κ1) is 14.9. The van der Waals surface area contributed by atoms with Gasteiger partial charge < -0.3 is 5.11 Å². The minimum absolute atomic E-state index is 0.0228. The second-order valence-corrected chi connectivity index (χ2v) is 7.23. The maximum Gasteiger partial charge on any atom is 0.337 e. The molecule has 20 heavy (non-hydrogen) atoms. The SMILES string of the molecule is CC(C)C1CCN(S(=O)(=O)c2ccc(C(=O)O)cn2)C1. The zero-order valence-corrected chi connectivity index (χ0v) is 12.3. The summed E-state index contributed by atoms with van der Waals surface area (Å²) in [5.41, 5.74) is -0.0228. The van der Waals surface area contributed by atoms with E-state index >= 15 is 0 Å². The van der Waals surface area contributed by atoms with Crippen molar-refractivity contribution in [1.29, 1.82) is 0 Å². The predicted molar refractivity (Wildman–Crippen MR) is 72.9 cm³/mol. The summed E-state index contributed by atoms with van der Waals surface area (Å²) in [5.74, 6) is -0.317. The van der Waals surface area contributed by atoms with Crippen molar-refractivity contribution in [2.75, 3.05) is 13.1 Å². The number of aromatic carboxylic acids is 1. The number of aromatic nitrogens is 1. The van der Waals surface area contributed by atoms with Crippen LogP contribution in [0.3, 0.4) is 0 Å². The van der Waals surface area contributed by atoms with Crippen LogP contribution in [0.25, 0.3) is 0 Å². The molecule has 1 aliphatic heterocycles. The standard InChI is InChI=1S/C13H18N2O4S/c1-9(2)11-5-6-15(8-11)20(18,19)12-4-3-10(7-14-12)13(16)17/h3-4,7,9,11H,5-6,8H2,1-2H3,(H,16,17). The van der Waals surface area contributed by atoms with E-state index in [4.69, 9.17) is 5.11 Å². The van der Waals surface area contributed by atoms with E-state index < -0.39 is 16.0 Å². The van der Waals surface area contributed by atoms with Crippen molar-refractivity contribution in [2.45, 2.75) is 25.3 Å². The lowest BCUT2D eigenvalue weighted by Crippen LogP contribution is -2.30. The second-order valence-electron chi connectivity index (χ2n) is 5.35. The highest BCUT2D eigenvalue weighted by Gasteiger charge is 2.34. The Kier molecular flexibility index (Phi) is 4.10. The maximum absolute atomic E-state index is 12.4. The maximum atomic E-state index is 12.4. The Morgan fingerprint density at radius 3 is 2.60 bits per heavy atom. The number of rotatable bonds is 4. The summed E-state index contributed by atoms with van der Waals surface area (Å²) < 4.78 is 26.2. The van der Waals surface area contributed by atoms with E-state index in [0.29, 0.717) is 24.9 Å². The van der Waals surface area contributed by atoms with Crippen LogP contribution in [-0.2, 0) is 10.0 Å². The molecule has 0 radical (unpaired) electrons. The molecule has 0 aromatic carbocycles. The molecule has 2 heterocycles. The molecule has 6 nitrogen and oxygen atoms in total. The Bertz CT molecular complexity index is 595. The lowest BCUT2D eigenvalue weighted by atomic mass is 9.96. The van der Waals surface area contributed by atoms with Crippen molar-refractivity contribution in [3.8, 4) is 0 Å². The van der Waals surface area contributed by atoms with Gasteiger partial charge in [0.05, 0.1) is 5.56 Å². The molecule has 110 valence electrons. The summed E-state index contributed by atoms with van der Waals surface area (Å²) in [4.78, 5) is 14.5. The van der Waals surface area contributed by atoms with Crippen LogP contribution in [0.15, 0.2) is 23.4 Å². The molecule has 0 amide bonds. The first-order chi connectivity index (χ1) is 9.32. The second kappa shape index (κ2) is 5.49. The monoisotopic (exact) mass is 298 g/mol. The minimum Gasteiger partial charge on any atom is -0.478 e. The van der Waals surface area contributed by atoms with E-state index in [1.54, 1.807) is 0 Å². The Labute approximate surface area is 118 Å². The first-order valence-corrected chi connectivity index (χ1v) is 7.96. The lowest BCUT2D eigenvalue weighted by Gasteiger charge is -2.17. The molecule has 1 N–H and O–H groups in total. The van der Waals surface area contributed by atoms with E-state index in [0.717, 1.165) is 12.6 Å². The Morgan fingerprint density at radius 2 is 2.15 bits per heavy atom. The summed E-state index contributed by atoms with van der Waals surface area (Å²) in [6.45, 7) is 5.16. The topological polar surface area (TPSA) is 87.6 Å². The Morgan fingerprint density at radius 1 is 1.45 bits per heavy atom. The molecule has 0 aliphatic carbocycles. The van der Waals surface area contributed by atoms with Crippen LogP contribution in [0, 0.1) is 11.8 Å². The molecule has 0 saturated carbocycles. The van der Waals surface area contributed by atoms with Gasteiger partial charge in [-0.05, 0) is 30.4 Å². The van der Waals surface area contributed by atoms with Gasteiger partial charge in [0.15, 0.2) is 5.03 Å². The predicted octanol–water partition coefficient (Wildman–Crippen LogP) is 1.45. The molecule has 0 spiro atoms. The van der Waals surface area contributed by atoms with Gasteiger partial charge in [0.2, 0.25) is 0 Å². The number of hydrogen-bond acceptors (Lipinski definition) is 4. The lowest BCUT2D eigenvalue weighted by molar-refractivity contribution is 0.0696. The number of carboxylic acid groups (broad SMARTS) is 1. The van der Waals surface area contributed by atoms with Crippen LogP contribution in [0.4, 0.5) is 0 Å². The van der Waals surface area contributed by atoms with E-state index in [9.17, 15) is 13.2 Å². The first-order valence-electron chi connectivity index (χ1n) is 6.52. The molecular weight excluding hydrogens is 280 g/mol. The summed E-state index contributed by atoms with van der Waals surface area (Å²) in [7, 11) is -3.62. The van der Waals surface area contributed by atoms with Crippen molar-refractivity contribution < 1.29 is 18.3 Å². The summed E-state index contributed by atoms with van der Waals surface area (Å²) in [6.07, 6.45) is 1.93. The zero-order chi connectivity index (χ0) is 14.9. The van der Waals surface area contributed by atoms with Crippen LogP contribution >= 0.6 is 0 Å². The number of pyridine rings is 1. The van der Waals surface area contributed by atoms with Crippen molar-refractivity contribution >= 4 is 16.0 Å². The zero-order valence-electron chi connectivity index (χ0n) is 11.5. The van der Waals surface area contributed by atoms with Crippen LogP contribution < -0.4 is 0 Å². The molecule has 1 aromatic rings. The van der Waals surface area contributed by atoms with Crippen molar-refractivity contribution in [2.24, 2.45) is 11.8 Å². The molecule has 7 heteroatoms. The van der Waals surface area contributed by atoms with E-state index in [1.165, 1.54) is 16.4 Å². The fourth-order valence-corrected chi connectivity index (χ4v) is 3.73. The van der Waals surface area contributed by atoms with Gasteiger partial charge in [-0.2, -0.15) is 4.31 Å². The third-order valence-electron chi connectivity index (χ3n) is 3.72. The number of carbonyl (C=O) groups is 1. The third kappa shape index (κ3) is 2.83. The molecular formula is C13H18N2O4S. The quantitative estimate of drug-likeness (QED) is 0.909. The van der Waals surface area contributed by atoms with E-state index in [-0.39, 0.29) is 10.6 Å². The van der Waals surface area contributed by atoms with Crippen molar-refractivity contribution in [1.82, 2.24) is 9.29 Å². The summed E-state index contributed by atoms with van der Waals surface area (Å²) >= 11 is 0. The molecule has 1 atom stereocenters. The van der Waals surface area contributed by atoms with Crippen LogP contribution in [-0.4, -0.2) is 41.9 Å². The summed E-state index contributed by atoms with van der Waals surface area (Å²) in [6, 6.07) is 2.51. The van der Waals surface area contributed by atoms with E-state index in [1.807, 2.05) is 0 Å². The van der Waals surface area contributed by atoms with Crippen LogP contribution in [0.5, 0.6) is 0 Å². The van der Waals surface area contributed by atoms with Gasteiger partial charge in [0.1, 0.15) is 0 Å². The Hall–Kier alpha value is -1.47. The average molecular weight is 298 g/mol. The average Bonchev–Trinajstić information content (AvgIpc) is 2.89. The van der Waals surface area contributed by atoms with E-state index in [2.05, 4.69) is 18.8 Å². The molecule has 2 rings (SSSR count). The minimum atomic E-state index is -3.62. The molecule has 1 aliphatic rings. The van der Waals surface area contributed by atoms with Gasteiger partial charge in [-0.25, -0.2) is 18.2 Å². The van der Waals surface area contributed by atoms with Gasteiger partial charge >= 0.3 is 5.97 Å². The normalized spacial score (nSPS) is 20.4. The fraction of sp³-hybridized carbons (Fsp3) is 0.538. The number of sulfonamides is 1. The largest absolute Gasteiger partial charge is 0.478 e. The van der Waals surface area contributed by atoms with Gasteiger partial charge in [-0.1, -0.05) is 13.8 Å². The van der Waals surface area contributed by atoms with Gasteiger partial charge in [-0.3, -0.25) is 0 Å². The van der Waals surface area contributed by atoms with Crippen molar-refractivity contribution in [3.05, 3.63) is 23.9 Å². The smallest absolute Gasteiger partial charge is 0.337 e. The van der Waals surface area contributed by atoms with Crippen LogP contribution in [0.1, 0.15) is 30.6 Å². The van der Waals surface area contributed by atoms with Gasteiger partial charge in [0.25, 0.3) is 10.0 Å². The fourth-order valence-electron chi connectivity index (χ4n) is 2.31. The number of nitrogens with zero attached hydrogens (tertiary/aromatic N) is 2. The van der Waals surface area contributed by atoms with Crippen LogP contribution in [0.2, 0.25) is 0 Å². The highest BCUT2D eigenvalue weighted by atomic mass is 32.2. The highest BCUT2D eigenvalue weighted by Crippen LogP contribution is 2.27. The number of carboxylic acids is 1. The summed E-state index contributed by atoms with van der Waals surface area (Å²) in [5, 5.41) is 8.70. The molecule has 1 saturated heterocycles.